The summed E-state index contributed by atoms with van der Waals surface area (Å²) in [6.45, 7) is 4.66. The van der Waals surface area contributed by atoms with Crippen LogP contribution in [0.1, 0.15) is 51.9 Å². The molecular formula is C13H27NS. The smallest absolute Gasteiger partial charge is 0.00397 e. The summed E-state index contributed by atoms with van der Waals surface area (Å²) in [6, 6.07) is 0. The first-order valence-electron chi connectivity index (χ1n) is 6.64. The third-order valence-electron chi connectivity index (χ3n) is 3.55. The second-order valence-electron chi connectivity index (χ2n) is 5.11. The number of hydrogen-bond acceptors (Lipinski definition) is 2. The zero-order valence-electron chi connectivity index (χ0n) is 10.2. The van der Waals surface area contributed by atoms with Gasteiger partial charge < -0.3 is 5.32 Å². The predicted octanol–water partition coefficient (Wildman–Crippen LogP) is 3.50. The third kappa shape index (κ3) is 6.47. The van der Waals surface area contributed by atoms with Crippen molar-refractivity contribution in [2.75, 3.05) is 18.8 Å². The van der Waals surface area contributed by atoms with Crippen LogP contribution in [0.3, 0.4) is 0 Å². The molecule has 1 N–H and O–H groups in total. The van der Waals surface area contributed by atoms with Crippen molar-refractivity contribution < 1.29 is 0 Å². The Labute approximate surface area is 101 Å². The number of unbranched alkanes of at least 4 members (excludes halogenated alkanes) is 1. The van der Waals surface area contributed by atoms with Gasteiger partial charge in [0.2, 0.25) is 0 Å². The Morgan fingerprint density at radius 1 is 1.20 bits per heavy atom. The lowest BCUT2D eigenvalue weighted by atomic mass is 9.80. The second kappa shape index (κ2) is 8.46. The molecule has 0 spiro atoms. The molecule has 1 rings (SSSR count). The molecule has 0 saturated heterocycles. The van der Waals surface area contributed by atoms with Gasteiger partial charge in [-0.1, -0.05) is 39.0 Å². The maximum Gasteiger partial charge on any atom is 0.00397 e. The van der Waals surface area contributed by atoms with Gasteiger partial charge in [0.05, 0.1) is 0 Å². The number of rotatable bonds is 7. The second-order valence-corrected chi connectivity index (χ2v) is 5.55. The molecular weight excluding hydrogens is 202 g/mol. The first-order chi connectivity index (χ1) is 7.33. The van der Waals surface area contributed by atoms with Crippen molar-refractivity contribution in [3.8, 4) is 0 Å². The summed E-state index contributed by atoms with van der Waals surface area (Å²) < 4.78 is 0. The molecule has 90 valence electrons. The van der Waals surface area contributed by atoms with Crippen LogP contribution in [0.5, 0.6) is 0 Å². The minimum absolute atomic E-state index is 0.958. The van der Waals surface area contributed by atoms with Crippen LogP contribution >= 0.6 is 12.6 Å². The van der Waals surface area contributed by atoms with Crippen LogP contribution in [0.2, 0.25) is 0 Å². The van der Waals surface area contributed by atoms with Crippen molar-refractivity contribution >= 4 is 12.6 Å². The van der Waals surface area contributed by atoms with E-state index in [-0.39, 0.29) is 0 Å². The Kier molecular flexibility index (Phi) is 7.54. The van der Waals surface area contributed by atoms with Gasteiger partial charge >= 0.3 is 0 Å². The molecule has 0 aromatic carbocycles. The first-order valence-corrected chi connectivity index (χ1v) is 7.27. The maximum absolute atomic E-state index is 4.18. The topological polar surface area (TPSA) is 12.0 Å². The van der Waals surface area contributed by atoms with E-state index in [0.717, 1.165) is 24.1 Å². The third-order valence-corrected chi connectivity index (χ3v) is 3.77. The standard InChI is InChI=1S/C13H27NS/c1-12-5-4-7-13(11-12)6-2-3-8-14-9-10-15/h12-15H,2-11H2,1H3. The molecule has 2 atom stereocenters. The van der Waals surface area contributed by atoms with Gasteiger partial charge in [-0.15, -0.1) is 0 Å². The molecule has 1 aliphatic carbocycles. The van der Waals surface area contributed by atoms with E-state index >= 15 is 0 Å². The predicted molar refractivity (Wildman–Crippen MR) is 71.7 cm³/mol. The molecule has 0 heterocycles. The van der Waals surface area contributed by atoms with Crippen LogP contribution in [-0.4, -0.2) is 18.8 Å². The molecule has 15 heavy (non-hydrogen) atoms. The molecule has 0 radical (unpaired) electrons. The van der Waals surface area contributed by atoms with Crippen molar-refractivity contribution in [3.63, 3.8) is 0 Å². The highest BCUT2D eigenvalue weighted by Crippen LogP contribution is 2.31. The maximum atomic E-state index is 4.18. The minimum atomic E-state index is 0.958. The average molecular weight is 229 g/mol. The number of thiol groups is 1. The van der Waals surface area contributed by atoms with Crippen molar-refractivity contribution in [1.82, 2.24) is 5.32 Å². The molecule has 1 aliphatic rings. The molecule has 2 unspecified atom stereocenters. The van der Waals surface area contributed by atoms with Gasteiger partial charge in [0.25, 0.3) is 0 Å². The van der Waals surface area contributed by atoms with Crippen LogP contribution in [-0.2, 0) is 0 Å². The Morgan fingerprint density at radius 3 is 2.80 bits per heavy atom. The van der Waals surface area contributed by atoms with Crippen molar-refractivity contribution in [2.45, 2.75) is 51.9 Å². The minimum Gasteiger partial charge on any atom is -0.316 e. The van der Waals surface area contributed by atoms with Gasteiger partial charge in [-0.3, -0.25) is 0 Å². The van der Waals surface area contributed by atoms with Gasteiger partial charge in [-0.25, -0.2) is 0 Å². The average Bonchev–Trinajstić information content (AvgIpc) is 2.23. The molecule has 0 aromatic heterocycles. The van der Waals surface area contributed by atoms with Gasteiger partial charge in [0.15, 0.2) is 0 Å². The summed E-state index contributed by atoms with van der Waals surface area (Å²) in [5, 5.41) is 3.41. The van der Waals surface area contributed by atoms with E-state index < -0.39 is 0 Å². The summed E-state index contributed by atoms with van der Waals surface area (Å²) in [7, 11) is 0. The lowest BCUT2D eigenvalue weighted by molar-refractivity contribution is 0.264. The van der Waals surface area contributed by atoms with E-state index in [1.54, 1.807) is 0 Å². The van der Waals surface area contributed by atoms with E-state index in [2.05, 4.69) is 24.9 Å². The van der Waals surface area contributed by atoms with Gasteiger partial charge in [0.1, 0.15) is 0 Å². The fraction of sp³-hybridized carbons (Fsp3) is 1.00. The van der Waals surface area contributed by atoms with Crippen LogP contribution in [0, 0.1) is 11.8 Å². The summed E-state index contributed by atoms with van der Waals surface area (Å²) in [5.74, 6) is 2.99. The van der Waals surface area contributed by atoms with Crippen LogP contribution < -0.4 is 5.32 Å². The summed E-state index contributed by atoms with van der Waals surface area (Å²) in [5.41, 5.74) is 0. The van der Waals surface area contributed by atoms with E-state index in [4.69, 9.17) is 0 Å². The normalized spacial score (nSPS) is 26.8. The van der Waals surface area contributed by atoms with Crippen LogP contribution in [0.25, 0.3) is 0 Å². The quantitative estimate of drug-likeness (QED) is 0.503. The van der Waals surface area contributed by atoms with E-state index in [9.17, 15) is 0 Å². The molecule has 0 aromatic rings. The molecule has 1 fully saturated rings. The van der Waals surface area contributed by atoms with Gasteiger partial charge in [-0.05, 0) is 31.2 Å². The monoisotopic (exact) mass is 229 g/mol. The molecule has 0 bridgehead atoms. The zero-order chi connectivity index (χ0) is 10.9. The molecule has 0 amide bonds. The van der Waals surface area contributed by atoms with Gasteiger partial charge in [0, 0.05) is 12.3 Å². The fourth-order valence-corrected chi connectivity index (χ4v) is 2.87. The van der Waals surface area contributed by atoms with Crippen molar-refractivity contribution in [1.29, 1.82) is 0 Å². The van der Waals surface area contributed by atoms with Gasteiger partial charge in [-0.2, -0.15) is 12.6 Å². The summed E-state index contributed by atoms with van der Waals surface area (Å²) >= 11 is 4.18. The number of hydrogen-bond donors (Lipinski definition) is 2. The highest BCUT2D eigenvalue weighted by molar-refractivity contribution is 7.80. The lowest BCUT2D eigenvalue weighted by Crippen LogP contribution is -2.18. The van der Waals surface area contributed by atoms with Crippen molar-refractivity contribution in [2.24, 2.45) is 11.8 Å². The highest BCUT2D eigenvalue weighted by Gasteiger charge is 2.17. The molecule has 2 heteroatoms. The summed E-state index contributed by atoms with van der Waals surface area (Å²) in [4.78, 5) is 0. The Balaban J connectivity index is 1.90. The lowest BCUT2D eigenvalue weighted by Gasteiger charge is -2.26. The first kappa shape index (κ1) is 13.4. The van der Waals surface area contributed by atoms with E-state index in [0.29, 0.717) is 0 Å². The summed E-state index contributed by atoms with van der Waals surface area (Å²) in [6.07, 6.45) is 10.2. The number of nitrogens with one attached hydrogen (secondary N) is 1. The molecule has 0 aliphatic heterocycles. The van der Waals surface area contributed by atoms with Crippen molar-refractivity contribution in [3.05, 3.63) is 0 Å². The SMILES string of the molecule is CC1CCCC(CCCCNCCS)C1. The Bertz CT molecular complexity index is 149. The zero-order valence-corrected chi connectivity index (χ0v) is 11.1. The molecule has 1 nitrogen and oxygen atoms in total. The van der Waals surface area contributed by atoms with Crippen LogP contribution in [0.15, 0.2) is 0 Å². The van der Waals surface area contributed by atoms with E-state index in [1.807, 2.05) is 0 Å². The van der Waals surface area contributed by atoms with Crippen LogP contribution in [0.4, 0.5) is 0 Å². The Hall–Kier alpha value is 0.310. The molecule has 1 saturated carbocycles. The van der Waals surface area contributed by atoms with E-state index in [1.165, 1.54) is 51.5 Å². The largest absolute Gasteiger partial charge is 0.316 e. The highest BCUT2D eigenvalue weighted by atomic mass is 32.1. The Morgan fingerprint density at radius 2 is 2.07 bits per heavy atom. The fourth-order valence-electron chi connectivity index (χ4n) is 2.71.